The molecule has 0 saturated carbocycles. The Hall–Kier alpha value is -2.14. The first kappa shape index (κ1) is 16.3. The van der Waals surface area contributed by atoms with Crippen molar-refractivity contribution in [1.82, 2.24) is 14.7 Å². The molecule has 2 heterocycles. The minimum absolute atomic E-state index is 0.154. The van der Waals surface area contributed by atoms with Crippen molar-refractivity contribution in [3.8, 4) is 11.3 Å². The van der Waals surface area contributed by atoms with Crippen LogP contribution in [-0.4, -0.2) is 9.38 Å². The number of fused-ring (bicyclic) bond motifs is 1. The first-order valence-corrected chi connectivity index (χ1v) is 9.47. The topological polar surface area (TPSA) is 29.3 Å². The van der Waals surface area contributed by atoms with E-state index in [4.69, 9.17) is 16.6 Å². The van der Waals surface area contributed by atoms with Gasteiger partial charge in [-0.25, -0.2) is 4.98 Å². The van der Waals surface area contributed by atoms with Gasteiger partial charge in [0.2, 0.25) is 0 Å². The molecule has 1 atom stereocenters. The van der Waals surface area contributed by atoms with Crippen LogP contribution in [0.25, 0.3) is 16.2 Å². The lowest BCUT2D eigenvalue weighted by atomic mass is 10.1. The van der Waals surface area contributed by atoms with Crippen molar-refractivity contribution in [2.75, 3.05) is 0 Å². The molecule has 0 aliphatic heterocycles. The van der Waals surface area contributed by atoms with E-state index < -0.39 is 0 Å². The minimum Gasteiger partial charge on any atom is -0.304 e. The zero-order chi connectivity index (χ0) is 17.2. The standard InChI is InChI=1S/C20H18ClN3S/c1-14(16-9-5-6-10-17(16)21)22-13-18-19(15-7-3-2-4-8-15)23-20-24(18)11-12-25-20/h2-12,14,22H,13H2,1H3. The van der Waals surface area contributed by atoms with E-state index in [1.807, 2.05) is 36.4 Å². The third-order valence-electron chi connectivity index (χ3n) is 4.36. The van der Waals surface area contributed by atoms with E-state index in [9.17, 15) is 0 Å². The van der Waals surface area contributed by atoms with E-state index in [2.05, 4.69) is 46.4 Å². The molecule has 1 N–H and O–H groups in total. The molecule has 0 bridgehead atoms. The Labute approximate surface area is 155 Å². The second-order valence-corrected chi connectivity index (χ2v) is 7.23. The Kier molecular flexibility index (Phi) is 4.57. The van der Waals surface area contributed by atoms with Crippen molar-refractivity contribution in [1.29, 1.82) is 0 Å². The highest BCUT2D eigenvalue weighted by Gasteiger charge is 2.16. The highest BCUT2D eigenvalue weighted by Crippen LogP contribution is 2.28. The van der Waals surface area contributed by atoms with E-state index in [1.54, 1.807) is 11.3 Å². The number of aromatic nitrogens is 2. The molecule has 0 amide bonds. The fourth-order valence-electron chi connectivity index (χ4n) is 3.01. The second kappa shape index (κ2) is 7.00. The number of rotatable bonds is 5. The summed E-state index contributed by atoms with van der Waals surface area (Å²) in [5.74, 6) is 0. The number of halogens is 1. The van der Waals surface area contributed by atoms with Crippen LogP contribution in [0.4, 0.5) is 0 Å². The van der Waals surface area contributed by atoms with Gasteiger partial charge in [0, 0.05) is 34.7 Å². The predicted molar refractivity (Wildman–Crippen MR) is 105 cm³/mol. The number of thiazole rings is 1. The minimum atomic E-state index is 0.154. The van der Waals surface area contributed by atoms with Crippen LogP contribution in [0.1, 0.15) is 24.2 Å². The van der Waals surface area contributed by atoms with Crippen molar-refractivity contribution >= 4 is 27.9 Å². The molecule has 4 rings (SSSR count). The summed E-state index contributed by atoms with van der Waals surface area (Å²) in [4.78, 5) is 5.84. The van der Waals surface area contributed by atoms with E-state index in [0.717, 1.165) is 26.8 Å². The monoisotopic (exact) mass is 367 g/mol. The second-order valence-electron chi connectivity index (χ2n) is 5.95. The quantitative estimate of drug-likeness (QED) is 0.499. The largest absolute Gasteiger partial charge is 0.304 e. The molecule has 0 radical (unpaired) electrons. The van der Waals surface area contributed by atoms with Gasteiger partial charge >= 0.3 is 0 Å². The van der Waals surface area contributed by atoms with Crippen molar-refractivity contribution < 1.29 is 0 Å². The summed E-state index contributed by atoms with van der Waals surface area (Å²) in [6.07, 6.45) is 2.08. The van der Waals surface area contributed by atoms with Crippen LogP contribution in [0.2, 0.25) is 5.02 Å². The third kappa shape index (κ3) is 3.21. The Morgan fingerprint density at radius 1 is 1.12 bits per heavy atom. The van der Waals surface area contributed by atoms with Crippen LogP contribution >= 0.6 is 22.9 Å². The van der Waals surface area contributed by atoms with Gasteiger partial charge in [0.05, 0.1) is 11.4 Å². The van der Waals surface area contributed by atoms with Crippen molar-refractivity contribution in [2.24, 2.45) is 0 Å². The van der Waals surface area contributed by atoms with Gasteiger partial charge in [0.1, 0.15) is 0 Å². The first-order valence-electron chi connectivity index (χ1n) is 8.21. The molecule has 4 aromatic rings. The molecule has 5 heteroatoms. The lowest BCUT2D eigenvalue weighted by Gasteiger charge is -2.16. The van der Waals surface area contributed by atoms with E-state index >= 15 is 0 Å². The zero-order valence-electron chi connectivity index (χ0n) is 13.8. The number of hydrogen-bond donors (Lipinski definition) is 1. The van der Waals surface area contributed by atoms with Crippen molar-refractivity contribution in [3.05, 3.63) is 82.5 Å². The molecule has 2 aromatic heterocycles. The van der Waals surface area contributed by atoms with Gasteiger partial charge in [-0.1, -0.05) is 60.1 Å². The normalized spacial score (nSPS) is 12.6. The number of nitrogens with one attached hydrogen (secondary N) is 1. The van der Waals surface area contributed by atoms with Gasteiger partial charge in [0.15, 0.2) is 4.96 Å². The maximum absolute atomic E-state index is 6.33. The summed E-state index contributed by atoms with van der Waals surface area (Å²) < 4.78 is 2.17. The lowest BCUT2D eigenvalue weighted by molar-refractivity contribution is 0.567. The molecule has 0 fully saturated rings. The number of hydrogen-bond acceptors (Lipinski definition) is 3. The summed E-state index contributed by atoms with van der Waals surface area (Å²) in [6.45, 7) is 2.85. The Morgan fingerprint density at radius 3 is 2.68 bits per heavy atom. The number of imidazole rings is 1. The first-order chi connectivity index (χ1) is 12.2. The highest BCUT2D eigenvalue weighted by atomic mass is 35.5. The van der Waals surface area contributed by atoms with E-state index in [1.165, 1.54) is 5.69 Å². The third-order valence-corrected chi connectivity index (χ3v) is 5.46. The maximum Gasteiger partial charge on any atom is 0.194 e. The Morgan fingerprint density at radius 2 is 1.88 bits per heavy atom. The number of benzene rings is 2. The van der Waals surface area contributed by atoms with Gasteiger partial charge in [-0.2, -0.15) is 0 Å². The van der Waals surface area contributed by atoms with Gasteiger partial charge in [-0.15, -0.1) is 11.3 Å². The number of nitrogens with zero attached hydrogens (tertiary/aromatic N) is 2. The SMILES string of the molecule is CC(NCc1c(-c2ccccc2)nc2sccn12)c1ccccc1Cl. The highest BCUT2D eigenvalue weighted by molar-refractivity contribution is 7.15. The average molecular weight is 368 g/mol. The summed E-state index contributed by atoms with van der Waals surface area (Å²) in [6, 6.07) is 18.5. The molecule has 0 saturated heterocycles. The summed E-state index contributed by atoms with van der Waals surface area (Å²) in [5.41, 5.74) is 4.45. The van der Waals surface area contributed by atoms with Crippen LogP contribution < -0.4 is 5.32 Å². The molecular formula is C20H18ClN3S. The van der Waals surface area contributed by atoms with Gasteiger partial charge in [0.25, 0.3) is 0 Å². The molecule has 0 aliphatic carbocycles. The molecule has 0 spiro atoms. The Balaban J connectivity index is 1.65. The van der Waals surface area contributed by atoms with Gasteiger partial charge < -0.3 is 5.32 Å². The molecule has 0 aliphatic rings. The predicted octanol–water partition coefficient (Wildman–Crippen LogP) is 5.57. The Bertz CT molecular complexity index is 991. The lowest BCUT2D eigenvalue weighted by Crippen LogP contribution is -2.19. The molecule has 1 unspecified atom stereocenters. The fourth-order valence-corrected chi connectivity index (χ4v) is 4.05. The smallest absolute Gasteiger partial charge is 0.194 e. The van der Waals surface area contributed by atoms with Gasteiger partial charge in [-0.05, 0) is 18.6 Å². The van der Waals surface area contributed by atoms with Crippen molar-refractivity contribution in [2.45, 2.75) is 19.5 Å². The van der Waals surface area contributed by atoms with E-state index in [-0.39, 0.29) is 6.04 Å². The van der Waals surface area contributed by atoms with Crippen LogP contribution in [0.15, 0.2) is 66.2 Å². The summed E-state index contributed by atoms with van der Waals surface area (Å²) in [7, 11) is 0. The van der Waals surface area contributed by atoms with Crippen LogP contribution in [0, 0.1) is 0 Å². The average Bonchev–Trinajstić information content (AvgIpc) is 3.22. The van der Waals surface area contributed by atoms with Crippen LogP contribution in [-0.2, 0) is 6.54 Å². The molecule has 126 valence electrons. The zero-order valence-corrected chi connectivity index (χ0v) is 15.4. The van der Waals surface area contributed by atoms with E-state index in [0.29, 0.717) is 6.54 Å². The van der Waals surface area contributed by atoms with Crippen molar-refractivity contribution in [3.63, 3.8) is 0 Å². The van der Waals surface area contributed by atoms with Gasteiger partial charge in [-0.3, -0.25) is 4.40 Å². The molecular weight excluding hydrogens is 350 g/mol. The summed E-state index contributed by atoms with van der Waals surface area (Å²) in [5, 5.41) is 6.45. The molecule has 25 heavy (non-hydrogen) atoms. The van der Waals surface area contributed by atoms with Crippen LogP contribution in [0.5, 0.6) is 0 Å². The molecule has 2 aromatic carbocycles. The fraction of sp³-hybridized carbons (Fsp3) is 0.150. The maximum atomic E-state index is 6.33. The van der Waals surface area contributed by atoms with Crippen LogP contribution in [0.3, 0.4) is 0 Å². The molecule has 3 nitrogen and oxygen atoms in total. The summed E-state index contributed by atoms with van der Waals surface area (Å²) >= 11 is 7.98.